The lowest BCUT2D eigenvalue weighted by Crippen LogP contribution is -2.27. The molecule has 1 rings (SSSR count). The van der Waals surface area contributed by atoms with Gasteiger partial charge in [-0.3, -0.25) is 0 Å². The number of rotatable bonds is 4. The average Bonchev–Trinajstić information content (AvgIpc) is 2.17. The van der Waals surface area contributed by atoms with Crippen molar-refractivity contribution in [2.75, 3.05) is 7.11 Å². The summed E-state index contributed by atoms with van der Waals surface area (Å²) in [6.07, 6.45) is 0. The van der Waals surface area contributed by atoms with E-state index in [0.717, 1.165) is 11.7 Å². The van der Waals surface area contributed by atoms with Gasteiger partial charge in [-0.25, -0.2) is 0 Å². The lowest BCUT2D eigenvalue weighted by molar-refractivity contribution is 0.415. The van der Waals surface area contributed by atoms with E-state index in [1.54, 1.807) is 12.3 Å². The van der Waals surface area contributed by atoms with Gasteiger partial charge in [-0.2, -0.15) is 0 Å². The summed E-state index contributed by atoms with van der Waals surface area (Å²) < 4.78 is 5.15. The third-order valence-electron chi connectivity index (χ3n) is 2.51. The number of benzene rings is 1. The molecule has 14 heavy (non-hydrogen) atoms. The first-order valence-electron chi connectivity index (χ1n) is 5.27. The molecule has 0 fully saturated rings. The molecule has 0 aromatic heterocycles. The maximum atomic E-state index is 5.15. The molecule has 0 heterocycles. The zero-order valence-corrected chi connectivity index (χ0v) is 10.7. The lowest BCUT2D eigenvalue weighted by Gasteiger charge is -2.13. The standard InChI is InChI=1S/C12H20OSi/c1-10(2)9-14(4)12-7-5-11(13-3)6-8-12/h5-8,10,14H,9H2,1-4H3. The van der Waals surface area contributed by atoms with Crippen molar-refractivity contribution < 1.29 is 4.74 Å². The van der Waals surface area contributed by atoms with E-state index >= 15 is 0 Å². The van der Waals surface area contributed by atoms with Crippen LogP contribution in [0.1, 0.15) is 13.8 Å². The highest BCUT2D eigenvalue weighted by atomic mass is 28.3. The molecule has 1 aromatic rings. The second kappa shape index (κ2) is 5.20. The Morgan fingerprint density at radius 2 is 1.79 bits per heavy atom. The Morgan fingerprint density at radius 1 is 1.21 bits per heavy atom. The highest BCUT2D eigenvalue weighted by molar-refractivity contribution is 6.72. The molecule has 0 amide bonds. The van der Waals surface area contributed by atoms with E-state index < -0.39 is 8.80 Å². The second-order valence-electron chi connectivity index (χ2n) is 4.30. The Morgan fingerprint density at radius 3 is 2.21 bits per heavy atom. The molecule has 0 aliphatic rings. The molecule has 0 saturated carbocycles. The van der Waals surface area contributed by atoms with Crippen LogP contribution in [0.2, 0.25) is 12.6 Å². The fourth-order valence-corrected chi connectivity index (χ4v) is 4.31. The van der Waals surface area contributed by atoms with Crippen LogP contribution in [0.5, 0.6) is 5.75 Å². The highest BCUT2D eigenvalue weighted by Crippen LogP contribution is 2.09. The van der Waals surface area contributed by atoms with Crippen LogP contribution in [-0.2, 0) is 0 Å². The van der Waals surface area contributed by atoms with Gasteiger partial charge >= 0.3 is 0 Å². The van der Waals surface area contributed by atoms with Crippen LogP contribution in [0.4, 0.5) is 0 Å². The molecule has 0 spiro atoms. The van der Waals surface area contributed by atoms with Crippen molar-refractivity contribution in [1.29, 1.82) is 0 Å². The molecule has 0 radical (unpaired) electrons. The molecule has 1 aromatic carbocycles. The molecule has 78 valence electrons. The average molecular weight is 208 g/mol. The van der Waals surface area contributed by atoms with Gasteiger partial charge in [-0.15, -0.1) is 0 Å². The number of hydrogen-bond donors (Lipinski definition) is 0. The molecule has 0 N–H and O–H groups in total. The van der Waals surface area contributed by atoms with Crippen LogP contribution < -0.4 is 9.92 Å². The van der Waals surface area contributed by atoms with Gasteiger partial charge in [-0.05, 0) is 18.1 Å². The quantitative estimate of drug-likeness (QED) is 0.691. The minimum atomic E-state index is -0.706. The van der Waals surface area contributed by atoms with Crippen molar-refractivity contribution in [2.24, 2.45) is 5.92 Å². The lowest BCUT2D eigenvalue weighted by atomic mass is 10.3. The Balaban J connectivity index is 2.66. The Labute approximate surface area is 88.7 Å². The van der Waals surface area contributed by atoms with Crippen LogP contribution in [0.3, 0.4) is 0 Å². The van der Waals surface area contributed by atoms with E-state index in [0.29, 0.717) is 0 Å². The molecule has 1 atom stereocenters. The first-order chi connectivity index (χ1) is 6.63. The van der Waals surface area contributed by atoms with Crippen LogP contribution in [0.15, 0.2) is 24.3 Å². The molecule has 1 nitrogen and oxygen atoms in total. The van der Waals surface area contributed by atoms with Crippen molar-refractivity contribution in [3.63, 3.8) is 0 Å². The van der Waals surface area contributed by atoms with Gasteiger partial charge in [0.05, 0.1) is 15.9 Å². The summed E-state index contributed by atoms with van der Waals surface area (Å²) in [5.74, 6) is 1.78. The number of ether oxygens (including phenoxy) is 1. The highest BCUT2D eigenvalue weighted by Gasteiger charge is 2.09. The zero-order chi connectivity index (χ0) is 10.6. The Hall–Kier alpha value is -0.763. The predicted molar refractivity (Wildman–Crippen MR) is 65.3 cm³/mol. The molecule has 0 saturated heterocycles. The van der Waals surface area contributed by atoms with E-state index in [2.05, 4.69) is 44.7 Å². The Kier molecular flexibility index (Phi) is 4.20. The fourth-order valence-electron chi connectivity index (χ4n) is 1.78. The minimum absolute atomic E-state index is 0.706. The van der Waals surface area contributed by atoms with Gasteiger partial charge < -0.3 is 4.74 Å². The van der Waals surface area contributed by atoms with Crippen molar-refractivity contribution in [1.82, 2.24) is 0 Å². The maximum Gasteiger partial charge on any atom is 0.118 e. The van der Waals surface area contributed by atoms with E-state index in [1.165, 1.54) is 6.04 Å². The summed E-state index contributed by atoms with van der Waals surface area (Å²) in [5, 5.41) is 1.54. The largest absolute Gasteiger partial charge is 0.497 e. The summed E-state index contributed by atoms with van der Waals surface area (Å²) in [7, 11) is 1.01. The topological polar surface area (TPSA) is 9.23 Å². The predicted octanol–water partition coefficient (Wildman–Crippen LogP) is 2.42. The van der Waals surface area contributed by atoms with Gasteiger partial charge in [0.15, 0.2) is 0 Å². The van der Waals surface area contributed by atoms with Crippen LogP contribution in [0, 0.1) is 5.92 Å². The van der Waals surface area contributed by atoms with Gasteiger partial charge in [0.1, 0.15) is 5.75 Å². The fraction of sp³-hybridized carbons (Fsp3) is 0.500. The van der Waals surface area contributed by atoms with Gasteiger partial charge in [0.2, 0.25) is 0 Å². The molecule has 0 bridgehead atoms. The van der Waals surface area contributed by atoms with Gasteiger partial charge in [0.25, 0.3) is 0 Å². The zero-order valence-electron chi connectivity index (χ0n) is 9.58. The number of hydrogen-bond acceptors (Lipinski definition) is 1. The SMILES string of the molecule is COc1ccc([SiH](C)CC(C)C)cc1. The van der Waals surface area contributed by atoms with Crippen molar-refractivity contribution in [3.8, 4) is 5.75 Å². The third kappa shape index (κ3) is 3.18. The Bertz CT molecular complexity index is 266. The molecule has 0 aliphatic heterocycles. The normalized spacial score (nSPS) is 12.9. The van der Waals surface area contributed by atoms with Crippen molar-refractivity contribution in [3.05, 3.63) is 24.3 Å². The summed E-state index contributed by atoms with van der Waals surface area (Å²) in [6.45, 7) is 7.02. The monoisotopic (exact) mass is 208 g/mol. The summed E-state index contributed by atoms with van der Waals surface area (Å²) in [5.41, 5.74) is 0. The number of methoxy groups -OCH3 is 1. The van der Waals surface area contributed by atoms with Gasteiger partial charge in [-0.1, -0.05) is 43.8 Å². The molecule has 2 heteroatoms. The second-order valence-corrected chi connectivity index (χ2v) is 7.24. The van der Waals surface area contributed by atoms with E-state index in [9.17, 15) is 0 Å². The smallest absolute Gasteiger partial charge is 0.118 e. The van der Waals surface area contributed by atoms with E-state index in [-0.39, 0.29) is 0 Å². The first kappa shape index (κ1) is 11.3. The summed E-state index contributed by atoms with van der Waals surface area (Å²) >= 11 is 0. The summed E-state index contributed by atoms with van der Waals surface area (Å²) in [4.78, 5) is 0. The molecular weight excluding hydrogens is 188 g/mol. The van der Waals surface area contributed by atoms with Crippen LogP contribution >= 0.6 is 0 Å². The van der Waals surface area contributed by atoms with Gasteiger partial charge in [0, 0.05) is 0 Å². The van der Waals surface area contributed by atoms with Crippen molar-refractivity contribution in [2.45, 2.75) is 26.4 Å². The van der Waals surface area contributed by atoms with Crippen molar-refractivity contribution >= 4 is 14.0 Å². The molecular formula is C12H20OSi. The molecule has 0 aliphatic carbocycles. The first-order valence-corrected chi connectivity index (χ1v) is 7.82. The van der Waals surface area contributed by atoms with E-state index in [1.807, 2.05) is 0 Å². The third-order valence-corrected chi connectivity index (χ3v) is 5.68. The van der Waals surface area contributed by atoms with E-state index in [4.69, 9.17) is 4.74 Å². The maximum absolute atomic E-state index is 5.15. The summed E-state index contributed by atoms with van der Waals surface area (Å²) in [6, 6.07) is 9.96. The van der Waals surface area contributed by atoms with Crippen LogP contribution in [0.25, 0.3) is 0 Å². The van der Waals surface area contributed by atoms with Crippen LogP contribution in [-0.4, -0.2) is 15.9 Å². The molecule has 1 unspecified atom stereocenters. The minimum Gasteiger partial charge on any atom is -0.497 e.